The molecule has 1 aromatic rings. The van der Waals surface area contributed by atoms with Crippen LogP contribution in [0.25, 0.3) is 0 Å². The number of nitro groups is 1. The van der Waals surface area contributed by atoms with Gasteiger partial charge in [-0.1, -0.05) is 0 Å². The van der Waals surface area contributed by atoms with Crippen LogP contribution in [-0.2, 0) is 0 Å². The predicted octanol–water partition coefficient (Wildman–Crippen LogP) is 2.37. The van der Waals surface area contributed by atoms with Crippen LogP contribution in [0.2, 0.25) is 0 Å². The molecule has 0 N–H and O–H groups in total. The Bertz CT molecular complexity index is 284. The van der Waals surface area contributed by atoms with Gasteiger partial charge in [0.05, 0.1) is 4.92 Å². The van der Waals surface area contributed by atoms with Crippen molar-refractivity contribution in [2.24, 2.45) is 0 Å². The van der Waals surface area contributed by atoms with Crippen LogP contribution in [0.15, 0.2) is 24.3 Å². The Labute approximate surface area is 66.8 Å². The molecule has 0 aromatic heterocycles. The fourth-order valence-electron chi connectivity index (χ4n) is 0.709. The summed E-state index contributed by atoms with van der Waals surface area (Å²) >= 11 is 0. The lowest BCUT2D eigenvalue weighted by molar-refractivity contribution is -0.384. The van der Waals surface area contributed by atoms with Crippen LogP contribution < -0.4 is 0 Å². The average Bonchev–Trinajstić information content (AvgIpc) is 2.04. The van der Waals surface area contributed by atoms with Gasteiger partial charge in [-0.2, -0.15) is 8.78 Å². The Morgan fingerprint density at radius 3 is 2.08 bits per heavy atom. The van der Waals surface area contributed by atoms with Crippen molar-refractivity contribution in [3.8, 4) is 0 Å². The van der Waals surface area contributed by atoms with E-state index in [2.05, 4.69) is 0 Å². The predicted molar refractivity (Wildman–Crippen MR) is 37.7 cm³/mol. The average molecular weight is 172 g/mol. The molecule has 0 bridgehead atoms. The van der Waals surface area contributed by atoms with E-state index in [4.69, 9.17) is 0 Å². The first-order valence-electron chi connectivity index (χ1n) is 3.04. The number of hydrogen-bond donors (Lipinski definition) is 0. The summed E-state index contributed by atoms with van der Waals surface area (Å²) in [6, 6.07) is 4.09. The van der Waals surface area contributed by atoms with Crippen molar-refractivity contribution in [1.29, 1.82) is 0 Å². The van der Waals surface area contributed by atoms with Gasteiger partial charge in [0.1, 0.15) is 0 Å². The zero-order valence-corrected chi connectivity index (χ0v) is 5.83. The number of nitrogens with zero attached hydrogens (tertiary/aromatic N) is 1. The Balaban J connectivity index is 2.93. The van der Waals surface area contributed by atoms with E-state index in [0.29, 0.717) is 0 Å². The monoisotopic (exact) mass is 172 g/mol. The summed E-state index contributed by atoms with van der Waals surface area (Å²) in [5, 5.41) is 10.1. The molecule has 1 rings (SSSR count). The number of non-ortho nitro benzene ring substituents is 1. The molecule has 1 radical (unpaired) electrons. The summed E-state index contributed by atoms with van der Waals surface area (Å²) in [6.45, 7) is 0. The largest absolute Gasteiger partial charge is 0.339 e. The molecule has 0 saturated heterocycles. The van der Waals surface area contributed by atoms with E-state index in [1.54, 1.807) is 0 Å². The molecule has 63 valence electrons. The first-order valence-corrected chi connectivity index (χ1v) is 3.04. The normalized spacial score (nSPS) is 10.2. The van der Waals surface area contributed by atoms with Gasteiger partial charge in [-0.05, 0) is 12.1 Å². The standard InChI is InChI=1S/C7H4F2NO2/c8-7(9)5-1-3-6(4-2-5)10(11)12/h1-4H. The van der Waals surface area contributed by atoms with Gasteiger partial charge in [0.2, 0.25) is 0 Å². The lowest BCUT2D eigenvalue weighted by Gasteiger charge is -1.95. The van der Waals surface area contributed by atoms with Gasteiger partial charge < -0.3 is 0 Å². The van der Waals surface area contributed by atoms with E-state index in [1.807, 2.05) is 0 Å². The van der Waals surface area contributed by atoms with Crippen molar-refractivity contribution >= 4 is 5.69 Å². The molecule has 0 aliphatic rings. The fraction of sp³-hybridized carbons (Fsp3) is 0. The van der Waals surface area contributed by atoms with Crippen LogP contribution in [0.1, 0.15) is 5.56 Å². The van der Waals surface area contributed by atoms with Gasteiger partial charge in [0, 0.05) is 17.7 Å². The van der Waals surface area contributed by atoms with E-state index in [9.17, 15) is 18.9 Å². The molecule has 3 nitrogen and oxygen atoms in total. The van der Waals surface area contributed by atoms with Crippen LogP contribution in [0, 0.1) is 16.5 Å². The molecular formula is C7H4F2NO2. The number of halogens is 2. The number of rotatable bonds is 2. The molecule has 0 heterocycles. The second kappa shape index (κ2) is 3.25. The van der Waals surface area contributed by atoms with Crippen LogP contribution >= 0.6 is 0 Å². The minimum Gasteiger partial charge on any atom is -0.258 e. The topological polar surface area (TPSA) is 43.1 Å². The van der Waals surface area contributed by atoms with E-state index >= 15 is 0 Å². The summed E-state index contributed by atoms with van der Waals surface area (Å²) < 4.78 is 23.7. The fourth-order valence-corrected chi connectivity index (χ4v) is 0.709. The Kier molecular flexibility index (Phi) is 2.32. The third kappa shape index (κ3) is 1.75. The highest BCUT2D eigenvalue weighted by atomic mass is 19.3. The van der Waals surface area contributed by atoms with Gasteiger partial charge >= 0.3 is 6.43 Å². The van der Waals surface area contributed by atoms with Gasteiger partial charge in [-0.25, -0.2) is 0 Å². The lowest BCUT2D eigenvalue weighted by Crippen LogP contribution is -1.89. The number of nitro benzene ring substituents is 1. The van der Waals surface area contributed by atoms with Crippen molar-refractivity contribution in [1.82, 2.24) is 0 Å². The van der Waals surface area contributed by atoms with Crippen LogP contribution in [0.4, 0.5) is 14.5 Å². The summed E-state index contributed by atoms with van der Waals surface area (Å²) in [4.78, 5) is 9.45. The molecule has 0 atom stereocenters. The zero-order chi connectivity index (χ0) is 9.14. The molecule has 12 heavy (non-hydrogen) atoms. The minimum absolute atomic E-state index is 0.194. The van der Waals surface area contributed by atoms with Gasteiger partial charge in [-0.15, -0.1) is 0 Å². The minimum atomic E-state index is -1.84. The molecule has 0 aliphatic carbocycles. The Morgan fingerprint density at radius 2 is 1.75 bits per heavy atom. The van der Waals surface area contributed by atoms with Gasteiger partial charge in [-0.3, -0.25) is 10.1 Å². The lowest BCUT2D eigenvalue weighted by atomic mass is 10.2. The highest BCUT2D eigenvalue weighted by molar-refractivity contribution is 5.35. The Morgan fingerprint density at radius 1 is 1.25 bits per heavy atom. The SMILES string of the molecule is O=[N+]([O-])c1ccc([C](F)F)cc1. The molecule has 0 aliphatic heterocycles. The highest BCUT2D eigenvalue weighted by Gasteiger charge is 2.11. The maximum atomic E-state index is 11.8. The third-order valence-corrected chi connectivity index (χ3v) is 1.30. The summed E-state index contributed by atoms with van der Waals surface area (Å²) in [7, 11) is 0. The maximum absolute atomic E-state index is 11.8. The highest BCUT2D eigenvalue weighted by Crippen LogP contribution is 2.20. The summed E-state index contributed by atoms with van der Waals surface area (Å²) in [5.41, 5.74) is -0.486. The first-order chi connectivity index (χ1) is 5.61. The van der Waals surface area contributed by atoms with Crippen LogP contribution in [-0.4, -0.2) is 4.92 Å². The van der Waals surface area contributed by atoms with Crippen molar-refractivity contribution in [3.63, 3.8) is 0 Å². The van der Waals surface area contributed by atoms with Crippen LogP contribution in [0.5, 0.6) is 0 Å². The smallest absolute Gasteiger partial charge is 0.258 e. The van der Waals surface area contributed by atoms with Gasteiger partial charge in [0.15, 0.2) is 0 Å². The first kappa shape index (κ1) is 8.58. The quantitative estimate of drug-likeness (QED) is 0.507. The van der Waals surface area contributed by atoms with E-state index in [0.717, 1.165) is 24.3 Å². The maximum Gasteiger partial charge on any atom is 0.339 e. The van der Waals surface area contributed by atoms with E-state index < -0.39 is 11.3 Å². The molecule has 0 unspecified atom stereocenters. The third-order valence-electron chi connectivity index (χ3n) is 1.30. The van der Waals surface area contributed by atoms with Crippen molar-refractivity contribution < 1.29 is 13.7 Å². The van der Waals surface area contributed by atoms with Gasteiger partial charge in [0.25, 0.3) is 5.69 Å². The second-order valence-electron chi connectivity index (χ2n) is 2.06. The van der Waals surface area contributed by atoms with E-state index in [1.165, 1.54) is 0 Å². The number of benzene rings is 1. The van der Waals surface area contributed by atoms with Crippen molar-refractivity contribution in [3.05, 3.63) is 46.4 Å². The molecular weight excluding hydrogens is 168 g/mol. The molecule has 0 saturated carbocycles. The second-order valence-corrected chi connectivity index (χ2v) is 2.06. The summed E-state index contributed by atoms with van der Waals surface area (Å²) in [6.07, 6.45) is -1.84. The molecule has 1 aromatic carbocycles. The molecule has 0 amide bonds. The van der Waals surface area contributed by atoms with Crippen LogP contribution in [0.3, 0.4) is 0 Å². The molecule has 5 heteroatoms. The molecule has 0 spiro atoms. The number of hydrogen-bond acceptors (Lipinski definition) is 2. The van der Waals surface area contributed by atoms with Crippen molar-refractivity contribution in [2.45, 2.75) is 0 Å². The Hall–Kier alpha value is -1.52. The molecule has 0 fully saturated rings. The summed E-state index contributed by atoms with van der Waals surface area (Å²) in [5.74, 6) is 0. The van der Waals surface area contributed by atoms with E-state index in [-0.39, 0.29) is 11.3 Å². The van der Waals surface area contributed by atoms with Crippen molar-refractivity contribution in [2.75, 3.05) is 0 Å². The zero-order valence-electron chi connectivity index (χ0n) is 5.83.